The van der Waals surface area contributed by atoms with Gasteiger partial charge in [-0.25, -0.2) is 0 Å². The van der Waals surface area contributed by atoms with Crippen LogP contribution in [0.25, 0.3) is 0 Å². The minimum absolute atomic E-state index is 0.200. The van der Waals surface area contributed by atoms with Crippen LogP contribution in [0.3, 0.4) is 0 Å². The van der Waals surface area contributed by atoms with Crippen molar-refractivity contribution in [3.05, 3.63) is 57.5 Å². The molecule has 0 radical (unpaired) electrons. The molecule has 2 aromatic rings. The van der Waals surface area contributed by atoms with Crippen molar-refractivity contribution in [3.63, 3.8) is 0 Å². The number of carbonyl (C=O) groups excluding carboxylic acids is 1. The summed E-state index contributed by atoms with van der Waals surface area (Å²) in [6.07, 6.45) is 0. The van der Waals surface area contributed by atoms with E-state index in [-0.39, 0.29) is 5.91 Å². The molecule has 0 aliphatic rings. The predicted molar refractivity (Wildman–Crippen MR) is 87.9 cm³/mol. The van der Waals surface area contributed by atoms with Crippen molar-refractivity contribution in [2.45, 2.75) is 0 Å². The van der Waals surface area contributed by atoms with Crippen molar-refractivity contribution < 1.29 is 4.79 Å². The van der Waals surface area contributed by atoms with Gasteiger partial charge in [-0.15, -0.1) is 0 Å². The number of carbonyl (C=O) groups is 1. The Bertz CT molecular complexity index is 644. The largest absolute Gasteiger partial charge is 0.376 e. The SMILES string of the molecule is CN(C)c1ccccc1NC(=O)c1cc(Cl)ccc1Br. The van der Waals surface area contributed by atoms with Gasteiger partial charge in [0.2, 0.25) is 0 Å². The zero-order valence-electron chi connectivity index (χ0n) is 11.2. The average Bonchev–Trinajstić information content (AvgIpc) is 2.41. The predicted octanol–water partition coefficient (Wildman–Crippen LogP) is 4.42. The van der Waals surface area contributed by atoms with Crippen molar-refractivity contribution in [3.8, 4) is 0 Å². The van der Waals surface area contributed by atoms with Gasteiger partial charge in [0.25, 0.3) is 5.91 Å². The molecule has 0 spiro atoms. The first-order chi connectivity index (χ1) is 9.49. The molecule has 3 nitrogen and oxygen atoms in total. The lowest BCUT2D eigenvalue weighted by Gasteiger charge is -2.18. The number of hydrogen-bond donors (Lipinski definition) is 1. The van der Waals surface area contributed by atoms with Crippen LogP contribution in [0.5, 0.6) is 0 Å². The third kappa shape index (κ3) is 3.32. The summed E-state index contributed by atoms with van der Waals surface area (Å²) in [5.41, 5.74) is 2.21. The number of rotatable bonds is 3. The highest BCUT2D eigenvalue weighted by molar-refractivity contribution is 9.10. The topological polar surface area (TPSA) is 32.3 Å². The molecule has 1 amide bonds. The number of anilines is 2. The second-order valence-corrected chi connectivity index (χ2v) is 5.78. The Balaban J connectivity index is 2.31. The molecule has 0 heterocycles. The van der Waals surface area contributed by atoms with E-state index in [4.69, 9.17) is 11.6 Å². The van der Waals surface area contributed by atoms with Gasteiger partial charge in [0, 0.05) is 23.6 Å². The van der Waals surface area contributed by atoms with Crippen molar-refractivity contribution >= 4 is 44.8 Å². The Hall–Kier alpha value is -1.52. The molecule has 2 rings (SSSR count). The van der Waals surface area contributed by atoms with Crippen LogP contribution < -0.4 is 10.2 Å². The Morgan fingerprint density at radius 2 is 1.90 bits per heavy atom. The summed E-state index contributed by atoms with van der Waals surface area (Å²) in [6, 6.07) is 12.8. The molecule has 0 fully saturated rings. The van der Waals surface area contributed by atoms with E-state index in [1.54, 1.807) is 18.2 Å². The molecule has 0 unspecified atom stereocenters. The first-order valence-corrected chi connectivity index (χ1v) is 7.19. The van der Waals surface area contributed by atoms with Gasteiger partial charge in [-0.2, -0.15) is 0 Å². The molecule has 0 aliphatic carbocycles. The quantitative estimate of drug-likeness (QED) is 0.886. The summed E-state index contributed by atoms with van der Waals surface area (Å²) in [5.74, 6) is -0.200. The molecule has 2 aromatic carbocycles. The fraction of sp³-hybridized carbons (Fsp3) is 0.133. The Labute approximate surface area is 131 Å². The molecule has 0 aliphatic heterocycles. The van der Waals surface area contributed by atoms with Gasteiger partial charge in [0.15, 0.2) is 0 Å². The maximum atomic E-state index is 12.3. The van der Waals surface area contributed by atoms with Gasteiger partial charge in [-0.1, -0.05) is 23.7 Å². The van der Waals surface area contributed by atoms with Crippen LogP contribution in [-0.4, -0.2) is 20.0 Å². The van der Waals surface area contributed by atoms with Gasteiger partial charge in [-0.05, 0) is 46.3 Å². The number of amides is 1. The zero-order chi connectivity index (χ0) is 14.7. The van der Waals surface area contributed by atoms with Gasteiger partial charge in [-0.3, -0.25) is 4.79 Å². The average molecular weight is 354 g/mol. The van der Waals surface area contributed by atoms with Crippen LogP contribution in [0.1, 0.15) is 10.4 Å². The first-order valence-electron chi connectivity index (χ1n) is 6.02. The summed E-state index contributed by atoms with van der Waals surface area (Å²) in [7, 11) is 3.86. The number of hydrogen-bond acceptors (Lipinski definition) is 2. The van der Waals surface area contributed by atoms with Gasteiger partial charge >= 0.3 is 0 Å². The third-order valence-electron chi connectivity index (χ3n) is 2.81. The van der Waals surface area contributed by atoms with Crippen LogP contribution in [0.15, 0.2) is 46.9 Å². The highest BCUT2D eigenvalue weighted by atomic mass is 79.9. The molecule has 20 heavy (non-hydrogen) atoms. The van der Waals surface area contributed by atoms with Crippen LogP contribution >= 0.6 is 27.5 Å². The Kier molecular flexibility index (Phi) is 4.68. The maximum Gasteiger partial charge on any atom is 0.256 e. The number of halogens is 2. The summed E-state index contributed by atoms with van der Waals surface area (Å²) in [5, 5.41) is 3.43. The summed E-state index contributed by atoms with van der Waals surface area (Å²) < 4.78 is 0.710. The van der Waals surface area contributed by atoms with E-state index in [0.717, 1.165) is 11.4 Å². The lowest BCUT2D eigenvalue weighted by Crippen LogP contribution is -2.17. The second-order valence-electron chi connectivity index (χ2n) is 4.49. The molecular weight excluding hydrogens is 340 g/mol. The van der Waals surface area contributed by atoms with Crippen LogP contribution in [0, 0.1) is 0 Å². The highest BCUT2D eigenvalue weighted by Gasteiger charge is 2.13. The van der Waals surface area contributed by atoms with Crippen molar-refractivity contribution in [2.24, 2.45) is 0 Å². The molecule has 104 valence electrons. The van der Waals surface area contributed by atoms with Gasteiger partial charge in [0.05, 0.1) is 16.9 Å². The fourth-order valence-electron chi connectivity index (χ4n) is 1.83. The lowest BCUT2D eigenvalue weighted by atomic mass is 10.2. The molecule has 0 aromatic heterocycles. The van der Waals surface area contributed by atoms with E-state index < -0.39 is 0 Å². The number of nitrogens with zero attached hydrogens (tertiary/aromatic N) is 1. The summed E-state index contributed by atoms with van der Waals surface area (Å²) in [6.45, 7) is 0. The van der Waals surface area contributed by atoms with Crippen molar-refractivity contribution in [1.82, 2.24) is 0 Å². The van der Waals surface area contributed by atoms with Crippen LogP contribution in [0.2, 0.25) is 5.02 Å². The van der Waals surface area contributed by atoms with Crippen LogP contribution in [0.4, 0.5) is 11.4 Å². The number of para-hydroxylation sites is 2. The standard InChI is InChI=1S/C15H14BrClN2O/c1-19(2)14-6-4-3-5-13(14)18-15(20)11-9-10(17)7-8-12(11)16/h3-9H,1-2H3,(H,18,20). The van der Waals surface area contributed by atoms with E-state index in [1.165, 1.54) is 0 Å². The lowest BCUT2D eigenvalue weighted by molar-refractivity contribution is 0.102. The molecule has 5 heteroatoms. The molecule has 0 saturated carbocycles. The Morgan fingerprint density at radius 3 is 2.60 bits per heavy atom. The minimum Gasteiger partial charge on any atom is -0.376 e. The van der Waals surface area contributed by atoms with Gasteiger partial charge in [0.1, 0.15) is 0 Å². The normalized spacial score (nSPS) is 10.2. The van der Waals surface area contributed by atoms with Gasteiger partial charge < -0.3 is 10.2 Å². The molecule has 0 atom stereocenters. The molecule has 1 N–H and O–H groups in total. The van der Waals surface area contributed by atoms with E-state index in [9.17, 15) is 4.79 Å². The molecule has 0 bridgehead atoms. The monoisotopic (exact) mass is 352 g/mol. The summed E-state index contributed by atoms with van der Waals surface area (Å²) >= 11 is 9.30. The maximum absolute atomic E-state index is 12.3. The molecule has 0 saturated heterocycles. The Morgan fingerprint density at radius 1 is 1.20 bits per heavy atom. The van der Waals surface area contributed by atoms with E-state index in [1.807, 2.05) is 43.3 Å². The second kappa shape index (κ2) is 6.29. The smallest absolute Gasteiger partial charge is 0.256 e. The first kappa shape index (κ1) is 14.9. The third-order valence-corrected chi connectivity index (χ3v) is 3.73. The van der Waals surface area contributed by atoms with Crippen molar-refractivity contribution in [1.29, 1.82) is 0 Å². The van der Waals surface area contributed by atoms with E-state index in [2.05, 4.69) is 21.2 Å². The van der Waals surface area contributed by atoms with Crippen LogP contribution in [-0.2, 0) is 0 Å². The van der Waals surface area contributed by atoms with Crippen molar-refractivity contribution in [2.75, 3.05) is 24.3 Å². The summed E-state index contributed by atoms with van der Waals surface area (Å²) in [4.78, 5) is 14.3. The zero-order valence-corrected chi connectivity index (χ0v) is 13.5. The van der Waals surface area contributed by atoms with E-state index >= 15 is 0 Å². The molecular formula is C15H14BrClN2O. The fourth-order valence-corrected chi connectivity index (χ4v) is 2.43. The van der Waals surface area contributed by atoms with E-state index in [0.29, 0.717) is 15.1 Å². The number of nitrogens with one attached hydrogen (secondary N) is 1. The number of benzene rings is 2. The minimum atomic E-state index is -0.200. The highest BCUT2D eigenvalue weighted by Crippen LogP contribution is 2.26.